The number of unbranched alkanes of at least 4 members (excludes halogenated alkanes) is 4. The first kappa shape index (κ1) is 12.0. The number of hydrogen-bond donors (Lipinski definition) is 1. The molecule has 14 heavy (non-hydrogen) atoms. The first-order valence-corrected chi connectivity index (χ1v) is 6.64. The first-order chi connectivity index (χ1) is 6.93. The maximum absolute atomic E-state index is 3.56. The SMILES string of the molecule is CCCCCCCNCCC1CCC1. The molecule has 0 bridgehead atoms. The molecule has 1 aliphatic rings. The second-order valence-corrected chi connectivity index (χ2v) is 4.75. The highest BCUT2D eigenvalue weighted by molar-refractivity contribution is 4.70. The maximum Gasteiger partial charge on any atom is -0.00463 e. The van der Waals surface area contributed by atoms with Crippen molar-refractivity contribution in [1.82, 2.24) is 5.32 Å². The molecule has 0 spiro atoms. The zero-order valence-electron chi connectivity index (χ0n) is 9.86. The highest BCUT2D eigenvalue weighted by atomic mass is 14.8. The van der Waals surface area contributed by atoms with Gasteiger partial charge in [-0.15, -0.1) is 0 Å². The largest absolute Gasteiger partial charge is 0.317 e. The molecule has 1 N–H and O–H groups in total. The summed E-state index contributed by atoms with van der Waals surface area (Å²) in [7, 11) is 0. The predicted molar refractivity (Wildman–Crippen MR) is 63.6 cm³/mol. The van der Waals surface area contributed by atoms with Gasteiger partial charge in [-0.1, -0.05) is 51.9 Å². The molecule has 0 radical (unpaired) electrons. The van der Waals surface area contributed by atoms with Crippen molar-refractivity contribution in [3.05, 3.63) is 0 Å². The Labute approximate surface area is 89.7 Å². The number of nitrogens with one attached hydrogen (secondary N) is 1. The van der Waals surface area contributed by atoms with Crippen molar-refractivity contribution in [2.45, 2.75) is 64.7 Å². The molecule has 0 heterocycles. The van der Waals surface area contributed by atoms with E-state index >= 15 is 0 Å². The maximum atomic E-state index is 3.56. The van der Waals surface area contributed by atoms with Gasteiger partial charge in [-0.3, -0.25) is 0 Å². The van der Waals surface area contributed by atoms with E-state index in [0.29, 0.717) is 0 Å². The van der Waals surface area contributed by atoms with Crippen LogP contribution in [-0.4, -0.2) is 13.1 Å². The number of rotatable bonds is 9. The summed E-state index contributed by atoms with van der Waals surface area (Å²) in [6, 6.07) is 0. The van der Waals surface area contributed by atoms with E-state index in [0.717, 1.165) is 5.92 Å². The minimum absolute atomic E-state index is 1.07. The summed E-state index contributed by atoms with van der Waals surface area (Å²) < 4.78 is 0. The molecule has 1 fully saturated rings. The van der Waals surface area contributed by atoms with Crippen molar-refractivity contribution < 1.29 is 0 Å². The molecular formula is C13H27N. The van der Waals surface area contributed by atoms with Crippen LogP contribution in [0.2, 0.25) is 0 Å². The quantitative estimate of drug-likeness (QED) is 0.555. The van der Waals surface area contributed by atoms with Crippen molar-refractivity contribution >= 4 is 0 Å². The molecule has 1 rings (SSSR count). The summed E-state index contributed by atoms with van der Waals surface area (Å²) in [6.07, 6.45) is 12.9. The third-order valence-corrected chi connectivity index (χ3v) is 3.41. The third kappa shape index (κ3) is 5.64. The van der Waals surface area contributed by atoms with E-state index in [2.05, 4.69) is 12.2 Å². The van der Waals surface area contributed by atoms with Crippen molar-refractivity contribution in [1.29, 1.82) is 0 Å². The molecule has 0 aromatic heterocycles. The second-order valence-electron chi connectivity index (χ2n) is 4.75. The van der Waals surface area contributed by atoms with Crippen LogP contribution in [-0.2, 0) is 0 Å². The van der Waals surface area contributed by atoms with E-state index < -0.39 is 0 Å². The summed E-state index contributed by atoms with van der Waals surface area (Å²) in [4.78, 5) is 0. The zero-order chi connectivity index (χ0) is 10.1. The summed E-state index contributed by atoms with van der Waals surface area (Å²) in [5.74, 6) is 1.07. The Bertz CT molecular complexity index is 118. The van der Waals surface area contributed by atoms with Gasteiger partial charge in [0.25, 0.3) is 0 Å². The summed E-state index contributed by atoms with van der Waals surface area (Å²) in [5.41, 5.74) is 0. The Morgan fingerprint density at radius 3 is 2.43 bits per heavy atom. The van der Waals surface area contributed by atoms with Crippen LogP contribution in [0.3, 0.4) is 0 Å². The Kier molecular flexibility index (Phi) is 7.12. The fraction of sp³-hybridized carbons (Fsp3) is 1.00. The molecule has 0 aromatic rings. The van der Waals surface area contributed by atoms with Crippen LogP contribution in [0, 0.1) is 5.92 Å². The molecule has 0 atom stereocenters. The van der Waals surface area contributed by atoms with Crippen LogP contribution in [0.5, 0.6) is 0 Å². The van der Waals surface area contributed by atoms with Crippen LogP contribution in [0.15, 0.2) is 0 Å². The van der Waals surface area contributed by atoms with Crippen LogP contribution in [0.4, 0.5) is 0 Å². The van der Waals surface area contributed by atoms with Crippen molar-refractivity contribution in [2.24, 2.45) is 5.92 Å². The lowest BCUT2D eigenvalue weighted by Gasteiger charge is -2.25. The van der Waals surface area contributed by atoms with Gasteiger partial charge in [0.1, 0.15) is 0 Å². The Morgan fingerprint density at radius 2 is 1.79 bits per heavy atom. The molecule has 1 heteroatoms. The van der Waals surface area contributed by atoms with Crippen molar-refractivity contribution in [3.63, 3.8) is 0 Å². The fourth-order valence-electron chi connectivity index (χ4n) is 2.07. The van der Waals surface area contributed by atoms with E-state index in [9.17, 15) is 0 Å². The van der Waals surface area contributed by atoms with E-state index in [1.807, 2.05) is 0 Å². The van der Waals surface area contributed by atoms with Gasteiger partial charge in [-0.2, -0.15) is 0 Å². The fourth-order valence-corrected chi connectivity index (χ4v) is 2.07. The van der Waals surface area contributed by atoms with Gasteiger partial charge in [0.15, 0.2) is 0 Å². The number of hydrogen-bond acceptors (Lipinski definition) is 1. The Balaban J connectivity index is 1.67. The lowest BCUT2D eigenvalue weighted by molar-refractivity contribution is 0.292. The van der Waals surface area contributed by atoms with Crippen molar-refractivity contribution in [2.75, 3.05) is 13.1 Å². The van der Waals surface area contributed by atoms with Crippen LogP contribution < -0.4 is 5.32 Å². The van der Waals surface area contributed by atoms with Crippen LogP contribution in [0.1, 0.15) is 64.7 Å². The van der Waals surface area contributed by atoms with Crippen LogP contribution >= 0.6 is 0 Å². The molecule has 0 amide bonds. The van der Waals surface area contributed by atoms with Gasteiger partial charge < -0.3 is 5.32 Å². The summed E-state index contributed by atoms with van der Waals surface area (Å²) in [5, 5.41) is 3.56. The second kappa shape index (κ2) is 8.28. The predicted octanol–water partition coefficient (Wildman–Crippen LogP) is 3.74. The van der Waals surface area contributed by atoms with Crippen molar-refractivity contribution in [3.8, 4) is 0 Å². The lowest BCUT2D eigenvalue weighted by Crippen LogP contribution is -2.22. The molecule has 0 aliphatic heterocycles. The van der Waals surface area contributed by atoms with Gasteiger partial charge in [0.2, 0.25) is 0 Å². The molecule has 0 unspecified atom stereocenters. The van der Waals surface area contributed by atoms with E-state index in [1.54, 1.807) is 0 Å². The summed E-state index contributed by atoms with van der Waals surface area (Å²) in [6.45, 7) is 4.78. The smallest absolute Gasteiger partial charge is 0.00463 e. The first-order valence-electron chi connectivity index (χ1n) is 6.64. The zero-order valence-corrected chi connectivity index (χ0v) is 9.86. The van der Waals surface area contributed by atoms with Gasteiger partial charge in [-0.05, 0) is 31.8 Å². The third-order valence-electron chi connectivity index (χ3n) is 3.41. The lowest BCUT2D eigenvalue weighted by atomic mass is 9.83. The van der Waals surface area contributed by atoms with Gasteiger partial charge in [-0.25, -0.2) is 0 Å². The average Bonchev–Trinajstić information content (AvgIpc) is 2.13. The normalized spacial score (nSPS) is 16.9. The van der Waals surface area contributed by atoms with Crippen LogP contribution in [0.25, 0.3) is 0 Å². The molecule has 1 saturated carbocycles. The minimum Gasteiger partial charge on any atom is -0.317 e. The van der Waals surface area contributed by atoms with E-state index in [-0.39, 0.29) is 0 Å². The highest BCUT2D eigenvalue weighted by Gasteiger charge is 2.15. The standard InChI is InChI=1S/C13H27N/c1-2-3-4-5-6-11-14-12-10-13-8-7-9-13/h13-14H,2-12H2,1H3. The molecule has 0 saturated heterocycles. The van der Waals surface area contributed by atoms with Gasteiger partial charge >= 0.3 is 0 Å². The van der Waals surface area contributed by atoms with E-state index in [1.165, 1.54) is 70.9 Å². The highest BCUT2D eigenvalue weighted by Crippen LogP contribution is 2.28. The van der Waals surface area contributed by atoms with Gasteiger partial charge in [0.05, 0.1) is 0 Å². The monoisotopic (exact) mass is 197 g/mol. The summed E-state index contributed by atoms with van der Waals surface area (Å²) >= 11 is 0. The van der Waals surface area contributed by atoms with E-state index in [4.69, 9.17) is 0 Å². The molecule has 84 valence electrons. The molecule has 1 aliphatic carbocycles. The van der Waals surface area contributed by atoms with Gasteiger partial charge in [0, 0.05) is 0 Å². The Morgan fingerprint density at radius 1 is 1.00 bits per heavy atom. The minimum atomic E-state index is 1.07. The molecule has 1 nitrogen and oxygen atoms in total. The Hall–Kier alpha value is -0.0400. The topological polar surface area (TPSA) is 12.0 Å². The average molecular weight is 197 g/mol. The molecular weight excluding hydrogens is 170 g/mol. The molecule has 0 aromatic carbocycles.